The molecule has 2 aliphatic heterocycles. The third kappa shape index (κ3) is 5.06. The van der Waals surface area contributed by atoms with Crippen LogP contribution >= 0.6 is 0 Å². The molecule has 6 rings (SSSR count). The average molecular weight is 610 g/mol. The maximum absolute atomic E-state index is 14.1. The predicted molar refractivity (Wildman–Crippen MR) is 147 cm³/mol. The Balaban J connectivity index is 1.51. The Morgan fingerprint density at radius 1 is 1.16 bits per heavy atom. The Morgan fingerprint density at radius 2 is 1.93 bits per heavy atom. The molecule has 0 unspecified atom stereocenters. The number of benzene rings is 1. The summed E-state index contributed by atoms with van der Waals surface area (Å²) in [6.07, 6.45) is -0.868. The second kappa shape index (κ2) is 11.0. The van der Waals surface area contributed by atoms with E-state index < -0.39 is 53.4 Å². The zero-order chi connectivity index (χ0) is 31.3. The van der Waals surface area contributed by atoms with Crippen LogP contribution in [0.1, 0.15) is 82.1 Å². The first-order valence-electron chi connectivity index (χ1n) is 14.3. The number of likely N-dealkylation sites (tertiary alicyclic amines) is 1. The molecule has 0 radical (unpaired) electrons. The number of hydrogen-bond donors (Lipinski definition) is 1. The summed E-state index contributed by atoms with van der Waals surface area (Å²) in [4.78, 5) is 48.2. The number of anilines is 1. The number of hydrogen-bond acceptors (Lipinski definition) is 6. The molecule has 3 amide bonds. The highest BCUT2D eigenvalue weighted by molar-refractivity contribution is 6.07. The lowest BCUT2D eigenvalue weighted by atomic mass is 9.81. The van der Waals surface area contributed by atoms with Crippen LogP contribution in [0, 0.1) is 17.3 Å². The van der Waals surface area contributed by atoms with Crippen LogP contribution in [0.5, 0.6) is 0 Å². The molecule has 14 heteroatoms. The molecule has 0 spiro atoms. The Morgan fingerprint density at radius 3 is 2.57 bits per heavy atom. The topological polar surface area (TPSA) is 124 Å². The number of likely N-dealkylation sites (N-methyl/N-ethyl adjacent to an activating group) is 1. The zero-order valence-corrected chi connectivity index (χ0v) is 23.5. The van der Waals surface area contributed by atoms with Crippen molar-refractivity contribution in [1.82, 2.24) is 25.0 Å². The van der Waals surface area contributed by atoms with Crippen molar-refractivity contribution in [3.8, 4) is 6.07 Å². The number of nitrogens with zero attached hydrogens (tertiary/aromatic N) is 6. The van der Waals surface area contributed by atoms with Crippen molar-refractivity contribution >= 4 is 23.5 Å². The van der Waals surface area contributed by atoms with Gasteiger partial charge in [-0.25, -0.2) is 9.67 Å². The number of nitrogens with one attached hydrogen (secondary N) is 1. The lowest BCUT2D eigenvalue weighted by molar-refractivity contribution is -0.137. The summed E-state index contributed by atoms with van der Waals surface area (Å²) >= 11 is 0. The van der Waals surface area contributed by atoms with E-state index in [-0.39, 0.29) is 29.4 Å². The lowest BCUT2D eigenvalue weighted by Crippen LogP contribution is -2.55. The largest absolute Gasteiger partial charge is 0.416 e. The van der Waals surface area contributed by atoms with Gasteiger partial charge in [0.25, 0.3) is 17.7 Å². The number of carbonyl (C=O) groups excluding carboxylic acids is 3. The van der Waals surface area contributed by atoms with Crippen LogP contribution in [0.3, 0.4) is 0 Å². The second-order valence-corrected chi connectivity index (χ2v) is 11.1. The van der Waals surface area contributed by atoms with Gasteiger partial charge in [0.15, 0.2) is 5.69 Å². The number of carbonyl (C=O) groups is 3. The third-order valence-corrected chi connectivity index (χ3v) is 8.28. The molecule has 2 fully saturated rings. The average Bonchev–Trinajstić information content (AvgIpc) is 3.61. The minimum atomic E-state index is -4.70. The molecule has 3 aromatic rings. The minimum absolute atomic E-state index is 0.00681. The Hall–Kier alpha value is -4.80. The predicted octanol–water partition coefficient (Wildman–Crippen LogP) is 4.20. The first kappa shape index (κ1) is 29.3. The number of pyridine rings is 1. The van der Waals surface area contributed by atoms with Crippen LogP contribution in [-0.2, 0) is 11.0 Å². The fourth-order valence-corrected chi connectivity index (χ4v) is 6.03. The number of aromatic nitrogens is 3. The molecule has 1 N–H and O–H groups in total. The van der Waals surface area contributed by atoms with Gasteiger partial charge in [0.1, 0.15) is 17.9 Å². The molecule has 2 aromatic heterocycles. The number of rotatable bonds is 6. The molecule has 44 heavy (non-hydrogen) atoms. The van der Waals surface area contributed by atoms with Crippen LogP contribution in [0.4, 0.5) is 23.4 Å². The summed E-state index contributed by atoms with van der Waals surface area (Å²) in [5, 5.41) is 17.0. The molecule has 0 bridgehead atoms. The fourth-order valence-electron chi connectivity index (χ4n) is 6.03. The molecule has 1 saturated carbocycles. The SMILES string of the molecule is CCN1C(=O)[C@@H](NC(=O)c2cccc(C(F)(F)F)c2)[C@@H](c2ccc(F)nc2)c2c(C(=O)N3CCC[C@H]3C#N)nn(C3CC3)c21. The van der Waals surface area contributed by atoms with Crippen molar-refractivity contribution < 1.29 is 31.9 Å². The van der Waals surface area contributed by atoms with Gasteiger partial charge in [-0.05, 0) is 62.4 Å². The smallest absolute Gasteiger partial charge is 0.339 e. The number of alkyl halides is 3. The van der Waals surface area contributed by atoms with E-state index in [4.69, 9.17) is 5.10 Å². The first-order valence-corrected chi connectivity index (χ1v) is 14.3. The van der Waals surface area contributed by atoms with Gasteiger partial charge in [-0.1, -0.05) is 12.1 Å². The van der Waals surface area contributed by atoms with Gasteiger partial charge >= 0.3 is 6.18 Å². The number of halogens is 4. The van der Waals surface area contributed by atoms with Crippen molar-refractivity contribution in [1.29, 1.82) is 5.26 Å². The van der Waals surface area contributed by atoms with E-state index in [1.165, 1.54) is 28.1 Å². The fraction of sp³-hybridized carbons (Fsp3) is 0.400. The van der Waals surface area contributed by atoms with E-state index in [1.807, 2.05) is 0 Å². The number of fused-ring (bicyclic) bond motifs is 1. The second-order valence-electron chi connectivity index (χ2n) is 11.1. The van der Waals surface area contributed by atoms with Crippen LogP contribution in [0.15, 0.2) is 42.6 Å². The van der Waals surface area contributed by atoms with Crippen LogP contribution in [0.2, 0.25) is 0 Å². The van der Waals surface area contributed by atoms with Crippen LogP contribution in [0.25, 0.3) is 0 Å². The molecular weight excluding hydrogens is 582 g/mol. The summed E-state index contributed by atoms with van der Waals surface area (Å²) in [5.41, 5.74) is -0.777. The normalized spacial score (nSPS) is 21.6. The summed E-state index contributed by atoms with van der Waals surface area (Å²) < 4.78 is 55.8. The van der Waals surface area contributed by atoms with Gasteiger partial charge in [0.05, 0.1) is 17.7 Å². The number of nitriles is 1. The van der Waals surface area contributed by atoms with E-state index in [9.17, 15) is 37.2 Å². The standard InChI is InChI=1S/C30H27F4N7O3/c1-2-39-27-23(25(38-41(27)19-9-10-19)29(44)40-12-4-7-20(40)14-35)22(17-8-11-21(31)36-15-17)24(28(39)43)37-26(42)16-5-3-6-18(13-16)30(32,33)34/h3,5-6,8,11,13,15,19-20,22,24H,2,4,7,9-10,12H2,1H3,(H,37,42)/t20-,22-,24-/m0/s1. The van der Waals surface area contributed by atoms with E-state index in [0.29, 0.717) is 36.8 Å². The molecule has 1 aromatic carbocycles. The molecule has 3 aliphatic rings. The minimum Gasteiger partial charge on any atom is -0.339 e. The summed E-state index contributed by atoms with van der Waals surface area (Å²) in [5.74, 6) is -3.58. The van der Waals surface area contributed by atoms with E-state index >= 15 is 0 Å². The van der Waals surface area contributed by atoms with Crippen LogP contribution in [-0.4, -0.2) is 62.6 Å². The quantitative estimate of drug-likeness (QED) is 0.330. The summed E-state index contributed by atoms with van der Waals surface area (Å²) in [7, 11) is 0. The van der Waals surface area contributed by atoms with Gasteiger partial charge in [-0.2, -0.15) is 27.9 Å². The van der Waals surface area contributed by atoms with Crippen LogP contribution < -0.4 is 10.2 Å². The highest BCUT2D eigenvalue weighted by atomic mass is 19.4. The molecule has 10 nitrogen and oxygen atoms in total. The lowest BCUT2D eigenvalue weighted by Gasteiger charge is -2.38. The van der Waals surface area contributed by atoms with Crippen molar-refractivity contribution in [2.45, 2.75) is 62.8 Å². The van der Waals surface area contributed by atoms with E-state index in [0.717, 1.165) is 31.0 Å². The highest BCUT2D eigenvalue weighted by Gasteiger charge is 2.49. The van der Waals surface area contributed by atoms with Gasteiger partial charge in [0, 0.05) is 36.3 Å². The maximum atomic E-state index is 14.1. The number of amides is 3. The Bertz CT molecular complexity index is 1680. The van der Waals surface area contributed by atoms with Crippen molar-refractivity contribution in [2.75, 3.05) is 18.0 Å². The maximum Gasteiger partial charge on any atom is 0.416 e. The summed E-state index contributed by atoms with van der Waals surface area (Å²) in [6.45, 7) is 2.18. The van der Waals surface area contributed by atoms with E-state index in [1.54, 1.807) is 11.6 Å². The van der Waals surface area contributed by atoms with Crippen molar-refractivity contribution in [3.63, 3.8) is 0 Å². The van der Waals surface area contributed by atoms with E-state index in [2.05, 4.69) is 16.4 Å². The third-order valence-electron chi connectivity index (χ3n) is 8.28. The molecule has 1 saturated heterocycles. The Labute approximate surface area is 249 Å². The first-order chi connectivity index (χ1) is 21.0. The molecule has 228 valence electrons. The summed E-state index contributed by atoms with van der Waals surface area (Å²) in [6, 6.07) is 6.26. The zero-order valence-electron chi connectivity index (χ0n) is 23.5. The van der Waals surface area contributed by atoms with Gasteiger partial charge in [0.2, 0.25) is 5.95 Å². The van der Waals surface area contributed by atoms with Crippen molar-refractivity contribution in [2.24, 2.45) is 0 Å². The molecular formula is C30H27F4N7O3. The molecule has 4 heterocycles. The van der Waals surface area contributed by atoms with Gasteiger partial charge in [-0.15, -0.1) is 0 Å². The Kier molecular flexibility index (Phi) is 7.35. The van der Waals surface area contributed by atoms with Gasteiger partial charge < -0.3 is 10.2 Å². The van der Waals surface area contributed by atoms with Crippen molar-refractivity contribution in [3.05, 3.63) is 76.5 Å². The monoisotopic (exact) mass is 609 g/mol. The molecule has 3 atom stereocenters. The molecule has 1 aliphatic carbocycles. The van der Waals surface area contributed by atoms with Gasteiger partial charge in [-0.3, -0.25) is 19.3 Å². The highest BCUT2D eigenvalue weighted by Crippen LogP contribution is 2.47.